The third-order valence-electron chi connectivity index (χ3n) is 4.59. The fourth-order valence-electron chi connectivity index (χ4n) is 3.11. The minimum absolute atomic E-state index is 0.0223. The van der Waals surface area contributed by atoms with Gasteiger partial charge in [0.25, 0.3) is 5.69 Å². The molecule has 1 aromatic heterocycles. The van der Waals surface area contributed by atoms with Crippen LogP contribution in [-0.4, -0.2) is 14.7 Å². The lowest BCUT2D eigenvalue weighted by molar-refractivity contribution is -0.385. The molecule has 0 spiro atoms. The van der Waals surface area contributed by atoms with Gasteiger partial charge in [-0.25, -0.2) is 4.68 Å². The molecule has 148 valence electrons. The molecule has 0 fully saturated rings. The number of aromatic nitrogens is 2. The van der Waals surface area contributed by atoms with Gasteiger partial charge in [-0.3, -0.25) is 10.1 Å². The summed E-state index contributed by atoms with van der Waals surface area (Å²) in [6.07, 6.45) is 1.47. The highest BCUT2D eigenvalue weighted by atomic mass is 16.6. The number of nitrogen functional groups attached to an aromatic ring is 1. The van der Waals surface area contributed by atoms with E-state index in [1.807, 2.05) is 32.1 Å². The molecule has 2 N–H and O–H groups in total. The molecule has 3 aromatic rings. The second-order valence-electron chi connectivity index (χ2n) is 6.87. The lowest BCUT2D eigenvalue weighted by Gasteiger charge is -2.07. The van der Waals surface area contributed by atoms with E-state index in [1.54, 1.807) is 36.4 Å². The lowest BCUT2D eigenvalue weighted by Crippen LogP contribution is -2.02. The summed E-state index contributed by atoms with van der Waals surface area (Å²) in [5.41, 5.74) is 8.06. The van der Waals surface area contributed by atoms with E-state index in [1.165, 1.54) is 16.8 Å². The maximum Gasteiger partial charge on any atom is 0.273 e. The fraction of sp³-hybridized carbons (Fsp3) is 0.136. The van der Waals surface area contributed by atoms with Crippen molar-refractivity contribution in [2.75, 3.05) is 5.73 Å². The van der Waals surface area contributed by atoms with Crippen molar-refractivity contribution in [3.05, 3.63) is 81.0 Å². The molecule has 0 radical (unpaired) electrons. The van der Waals surface area contributed by atoms with Gasteiger partial charge in [-0.05, 0) is 29.7 Å². The van der Waals surface area contributed by atoms with Gasteiger partial charge >= 0.3 is 0 Å². The Kier molecular flexibility index (Phi) is 5.61. The molecule has 0 aliphatic rings. The van der Waals surface area contributed by atoms with Crippen molar-refractivity contribution in [3.63, 3.8) is 0 Å². The van der Waals surface area contributed by atoms with Gasteiger partial charge in [-0.1, -0.05) is 44.2 Å². The van der Waals surface area contributed by atoms with Gasteiger partial charge < -0.3 is 5.73 Å². The molecule has 0 amide bonds. The minimum atomic E-state index is -0.443. The molecule has 1 heterocycles. The number of anilines is 1. The van der Waals surface area contributed by atoms with Crippen LogP contribution in [0.25, 0.3) is 17.3 Å². The lowest BCUT2D eigenvalue weighted by atomic mass is 9.98. The van der Waals surface area contributed by atoms with E-state index in [4.69, 9.17) is 5.73 Å². The summed E-state index contributed by atoms with van der Waals surface area (Å²) in [6, 6.07) is 17.8. The third kappa shape index (κ3) is 3.75. The van der Waals surface area contributed by atoms with Crippen LogP contribution in [0.4, 0.5) is 11.5 Å². The van der Waals surface area contributed by atoms with Crippen molar-refractivity contribution in [1.82, 2.24) is 9.78 Å². The number of nitriles is 2. The van der Waals surface area contributed by atoms with Crippen molar-refractivity contribution >= 4 is 23.2 Å². The zero-order chi connectivity index (χ0) is 21.8. The SMILES string of the molecule is CC(C)c1ccc(C=C(C#N)c2nn(-c3ccccc3)c(N)c2C#N)cc1[N+](=O)[O-]. The highest BCUT2D eigenvalue weighted by Gasteiger charge is 2.21. The Morgan fingerprint density at radius 3 is 2.50 bits per heavy atom. The summed E-state index contributed by atoms with van der Waals surface area (Å²) < 4.78 is 1.39. The molecule has 8 heteroatoms. The summed E-state index contributed by atoms with van der Waals surface area (Å²) in [7, 11) is 0. The van der Waals surface area contributed by atoms with Crippen LogP contribution in [0.5, 0.6) is 0 Å². The number of nitro benzene ring substituents is 1. The van der Waals surface area contributed by atoms with Gasteiger partial charge in [0.2, 0.25) is 0 Å². The molecular weight excluding hydrogens is 380 g/mol. The Labute approximate surface area is 173 Å². The summed E-state index contributed by atoms with van der Waals surface area (Å²) in [4.78, 5) is 11.0. The quantitative estimate of drug-likeness (QED) is 0.384. The Balaban J connectivity index is 2.15. The molecule has 30 heavy (non-hydrogen) atoms. The predicted octanol–water partition coefficient (Wildman–Crippen LogP) is 4.42. The molecule has 0 saturated carbocycles. The summed E-state index contributed by atoms with van der Waals surface area (Å²) in [5, 5.41) is 35.1. The molecule has 8 nitrogen and oxygen atoms in total. The van der Waals surface area contributed by atoms with Crippen LogP contribution in [0, 0.1) is 32.8 Å². The van der Waals surface area contributed by atoms with E-state index in [0.29, 0.717) is 16.8 Å². The molecule has 0 bridgehead atoms. The van der Waals surface area contributed by atoms with Crippen molar-refractivity contribution in [2.24, 2.45) is 0 Å². The van der Waals surface area contributed by atoms with Crippen LogP contribution >= 0.6 is 0 Å². The summed E-state index contributed by atoms with van der Waals surface area (Å²) in [5.74, 6) is 0.0893. The molecule has 0 saturated heterocycles. The van der Waals surface area contributed by atoms with Crippen molar-refractivity contribution < 1.29 is 4.92 Å². The van der Waals surface area contributed by atoms with Crippen LogP contribution in [0.15, 0.2) is 48.5 Å². The predicted molar refractivity (Wildman–Crippen MR) is 113 cm³/mol. The van der Waals surface area contributed by atoms with E-state index >= 15 is 0 Å². The average molecular weight is 398 g/mol. The number of benzene rings is 2. The zero-order valence-electron chi connectivity index (χ0n) is 16.4. The molecular formula is C22H18N6O2. The number of nitrogens with zero attached hydrogens (tertiary/aromatic N) is 5. The number of hydrogen-bond donors (Lipinski definition) is 1. The third-order valence-corrected chi connectivity index (χ3v) is 4.59. The Morgan fingerprint density at radius 2 is 1.93 bits per heavy atom. The molecule has 0 atom stereocenters. The number of rotatable bonds is 5. The smallest absolute Gasteiger partial charge is 0.273 e. The number of allylic oxidation sites excluding steroid dienone is 1. The maximum atomic E-state index is 11.5. The van der Waals surface area contributed by atoms with E-state index in [9.17, 15) is 20.6 Å². The molecule has 0 aliphatic carbocycles. The van der Waals surface area contributed by atoms with E-state index in [-0.39, 0.29) is 34.3 Å². The van der Waals surface area contributed by atoms with E-state index in [2.05, 4.69) is 5.10 Å². The topological polar surface area (TPSA) is 135 Å². The van der Waals surface area contributed by atoms with Gasteiger partial charge in [-0.2, -0.15) is 15.6 Å². The van der Waals surface area contributed by atoms with Gasteiger partial charge in [0.15, 0.2) is 0 Å². The monoisotopic (exact) mass is 398 g/mol. The number of hydrogen-bond acceptors (Lipinski definition) is 6. The Bertz CT molecular complexity index is 1230. The normalized spacial score (nSPS) is 11.2. The first-order chi connectivity index (χ1) is 14.4. The van der Waals surface area contributed by atoms with Gasteiger partial charge in [0.05, 0.1) is 16.2 Å². The first-order valence-corrected chi connectivity index (χ1v) is 9.11. The second-order valence-corrected chi connectivity index (χ2v) is 6.87. The van der Waals surface area contributed by atoms with Crippen LogP contribution < -0.4 is 5.73 Å². The average Bonchev–Trinajstić information content (AvgIpc) is 3.08. The molecule has 0 aliphatic heterocycles. The van der Waals surface area contributed by atoms with E-state index in [0.717, 1.165) is 0 Å². The van der Waals surface area contributed by atoms with Crippen LogP contribution in [-0.2, 0) is 0 Å². The summed E-state index contributed by atoms with van der Waals surface area (Å²) >= 11 is 0. The maximum absolute atomic E-state index is 11.5. The highest BCUT2D eigenvalue weighted by Crippen LogP contribution is 2.30. The van der Waals surface area contributed by atoms with Gasteiger partial charge in [-0.15, -0.1) is 0 Å². The number of nitrogens with two attached hydrogens (primary N) is 1. The molecule has 3 rings (SSSR count). The van der Waals surface area contributed by atoms with Crippen LogP contribution in [0.1, 0.15) is 42.1 Å². The standard InChI is InChI=1S/C22H18N6O2/c1-14(2)18-9-8-15(11-20(18)28(29)30)10-16(12-23)21-19(13-24)22(25)27(26-21)17-6-4-3-5-7-17/h3-11,14H,25H2,1-2H3. The van der Waals surface area contributed by atoms with Gasteiger partial charge in [0.1, 0.15) is 29.2 Å². The highest BCUT2D eigenvalue weighted by molar-refractivity contribution is 5.91. The molecule has 2 aromatic carbocycles. The minimum Gasteiger partial charge on any atom is -0.382 e. The van der Waals surface area contributed by atoms with Crippen molar-refractivity contribution in [2.45, 2.75) is 19.8 Å². The zero-order valence-corrected chi connectivity index (χ0v) is 16.4. The molecule has 0 unspecified atom stereocenters. The number of para-hydroxylation sites is 1. The Morgan fingerprint density at radius 1 is 1.23 bits per heavy atom. The largest absolute Gasteiger partial charge is 0.382 e. The van der Waals surface area contributed by atoms with Crippen molar-refractivity contribution in [1.29, 1.82) is 10.5 Å². The van der Waals surface area contributed by atoms with Gasteiger partial charge in [0, 0.05) is 11.6 Å². The first-order valence-electron chi connectivity index (χ1n) is 9.11. The Hall–Kier alpha value is -4.43. The second kappa shape index (κ2) is 8.29. The van der Waals surface area contributed by atoms with Crippen molar-refractivity contribution in [3.8, 4) is 17.8 Å². The first kappa shape index (κ1) is 20.3. The summed E-state index contributed by atoms with van der Waals surface area (Å²) in [6.45, 7) is 3.74. The fourth-order valence-corrected chi connectivity index (χ4v) is 3.11. The van der Waals surface area contributed by atoms with Crippen LogP contribution in [0.3, 0.4) is 0 Å². The van der Waals surface area contributed by atoms with E-state index < -0.39 is 4.92 Å². The van der Waals surface area contributed by atoms with Crippen LogP contribution in [0.2, 0.25) is 0 Å². The number of nitro groups is 1.